The van der Waals surface area contributed by atoms with Gasteiger partial charge in [-0.05, 0) is 6.08 Å². The molecule has 0 bridgehead atoms. The van der Waals surface area contributed by atoms with E-state index in [0.29, 0.717) is 0 Å². The Balaban J connectivity index is 3.34. The van der Waals surface area contributed by atoms with Crippen molar-refractivity contribution in [3.05, 3.63) is 11.8 Å². The van der Waals surface area contributed by atoms with E-state index in [0.717, 1.165) is 6.08 Å². The fraction of sp³-hybridized carbons (Fsp3) is 0.615. The van der Waals surface area contributed by atoms with Crippen molar-refractivity contribution in [3.8, 4) is 0 Å². The number of hydrogen-bond acceptors (Lipinski definition) is 6. The van der Waals surface area contributed by atoms with Gasteiger partial charge in [0.25, 0.3) is 0 Å². The number of ether oxygens (including phenoxy) is 2. The van der Waals surface area contributed by atoms with Crippen molar-refractivity contribution in [1.29, 1.82) is 0 Å². The van der Waals surface area contributed by atoms with E-state index in [2.05, 4.69) is 15.0 Å². The molecule has 0 radical (unpaired) electrons. The lowest BCUT2D eigenvalue weighted by atomic mass is 9.92. The van der Waals surface area contributed by atoms with Crippen molar-refractivity contribution in [3.63, 3.8) is 0 Å². The van der Waals surface area contributed by atoms with Gasteiger partial charge >= 0.3 is 5.97 Å². The van der Waals surface area contributed by atoms with E-state index in [1.165, 1.54) is 14.0 Å². The number of nitrogens with one attached hydrogen (secondary N) is 1. The summed E-state index contributed by atoms with van der Waals surface area (Å²) >= 11 is 0. The van der Waals surface area contributed by atoms with Crippen molar-refractivity contribution in [2.24, 2.45) is 16.5 Å². The van der Waals surface area contributed by atoms with E-state index in [4.69, 9.17) is 16.2 Å². The maximum atomic E-state index is 11.5. The average molecular weight is 347 g/mol. The summed E-state index contributed by atoms with van der Waals surface area (Å²) < 4.78 is 9.31. The Kier molecular flexibility index (Phi) is 6.95. The second-order valence-corrected chi connectivity index (χ2v) is 5.19. The van der Waals surface area contributed by atoms with E-state index in [1.54, 1.807) is 0 Å². The van der Waals surface area contributed by atoms with Gasteiger partial charge in [-0.2, -0.15) is 0 Å². The van der Waals surface area contributed by atoms with Crippen LogP contribution >= 0.6 is 0 Å². The monoisotopic (exact) mass is 347 g/mol. The van der Waals surface area contributed by atoms with E-state index in [9.17, 15) is 24.9 Å². The van der Waals surface area contributed by atoms with Crippen LogP contribution < -0.4 is 16.8 Å². The van der Waals surface area contributed by atoms with Crippen molar-refractivity contribution < 1.29 is 34.4 Å². The molecule has 1 aliphatic rings. The topological polar surface area (TPSA) is 193 Å². The number of nitrogens with two attached hydrogens (primary N) is 2. The second-order valence-electron chi connectivity index (χ2n) is 5.19. The number of aliphatic carboxylic acids is 1. The summed E-state index contributed by atoms with van der Waals surface area (Å²) in [6.07, 6.45) is -2.31. The molecule has 11 heteroatoms. The molecule has 0 aromatic carbocycles. The number of guanidine groups is 1. The van der Waals surface area contributed by atoms with Crippen molar-refractivity contribution in [2.45, 2.75) is 37.3 Å². The Hall–Kier alpha value is -2.37. The number of hydrogen-bond donors (Lipinski definition) is 6. The molecule has 0 fully saturated rings. The van der Waals surface area contributed by atoms with E-state index in [1.807, 2.05) is 0 Å². The lowest BCUT2D eigenvalue weighted by Gasteiger charge is -2.37. The van der Waals surface area contributed by atoms with E-state index in [-0.39, 0.29) is 5.96 Å². The van der Waals surface area contributed by atoms with Crippen LogP contribution in [0.5, 0.6) is 0 Å². The number of carbonyl (C=O) groups excluding carboxylic acids is 1. The largest absolute Gasteiger partial charge is 0.475 e. The third-order valence-electron chi connectivity index (χ3n) is 3.40. The molecule has 0 spiro atoms. The van der Waals surface area contributed by atoms with Gasteiger partial charge < -0.3 is 41.6 Å². The zero-order valence-electron chi connectivity index (χ0n) is 13.3. The Morgan fingerprint density at radius 3 is 2.54 bits per heavy atom. The summed E-state index contributed by atoms with van der Waals surface area (Å²) in [4.78, 5) is 26.7. The van der Waals surface area contributed by atoms with Crippen LogP contribution in [-0.4, -0.2) is 82.0 Å². The van der Waals surface area contributed by atoms with Crippen LogP contribution in [0.2, 0.25) is 0 Å². The first-order valence-corrected chi connectivity index (χ1v) is 7.06. The predicted molar refractivity (Wildman–Crippen MR) is 82.8 cm³/mol. The summed E-state index contributed by atoms with van der Waals surface area (Å²) in [5.41, 5.74) is 10.7. The van der Waals surface area contributed by atoms with Crippen LogP contribution in [0.4, 0.5) is 0 Å². The number of nitrogens with zero attached hydrogens (tertiary/aromatic N) is 1. The number of aliphatic imine (C=N–C) groups is 1. The van der Waals surface area contributed by atoms with Crippen molar-refractivity contribution in [2.75, 3.05) is 13.7 Å². The van der Waals surface area contributed by atoms with Crippen LogP contribution in [0.25, 0.3) is 0 Å². The maximum absolute atomic E-state index is 11.5. The highest BCUT2D eigenvalue weighted by atomic mass is 16.6. The number of aliphatic hydroxyl groups excluding tert-OH is 2. The minimum atomic E-state index is -1.37. The molecule has 9 N–H and O–H groups in total. The Morgan fingerprint density at radius 1 is 1.50 bits per heavy atom. The van der Waals surface area contributed by atoms with Gasteiger partial charge in [0.1, 0.15) is 13.2 Å². The van der Waals surface area contributed by atoms with Gasteiger partial charge in [0.15, 0.2) is 18.2 Å². The lowest BCUT2D eigenvalue weighted by molar-refractivity contribution is -0.194. The molecule has 11 nitrogen and oxygen atoms in total. The molecule has 0 aliphatic carbocycles. The number of carboxylic acid groups (broad SMARTS) is 1. The molecule has 0 unspecified atom stereocenters. The number of carboxylic acids is 1. The van der Waals surface area contributed by atoms with Crippen LogP contribution in [0, 0.1) is 0 Å². The molecular weight excluding hydrogens is 324 g/mol. The zero-order chi connectivity index (χ0) is 18.4. The van der Waals surface area contributed by atoms with Gasteiger partial charge in [-0.15, -0.1) is 0 Å². The highest BCUT2D eigenvalue weighted by molar-refractivity contribution is 5.85. The van der Waals surface area contributed by atoms with Crippen LogP contribution in [0.1, 0.15) is 6.92 Å². The minimum absolute atomic E-state index is 0.315. The molecule has 0 aromatic heterocycles. The third kappa shape index (κ3) is 4.81. The summed E-state index contributed by atoms with van der Waals surface area (Å²) in [5.74, 6) is -2.57. The highest BCUT2D eigenvalue weighted by Crippen LogP contribution is 2.25. The van der Waals surface area contributed by atoms with Gasteiger partial charge in [-0.3, -0.25) is 4.79 Å². The smallest absolute Gasteiger partial charge is 0.370 e. The molecule has 0 aromatic rings. The fourth-order valence-electron chi connectivity index (χ4n) is 2.45. The van der Waals surface area contributed by atoms with Gasteiger partial charge in [0.2, 0.25) is 17.8 Å². The number of carbonyl (C=O) groups is 2. The summed E-state index contributed by atoms with van der Waals surface area (Å²) in [6, 6.07) is -1.85. The fourth-order valence-corrected chi connectivity index (χ4v) is 2.45. The Labute approximate surface area is 137 Å². The molecule has 136 valence electrons. The molecule has 1 aliphatic heterocycles. The van der Waals surface area contributed by atoms with Crippen molar-refractivity contribution in [1.82, 2.24) is 5.32 Å². The van der Waals surface area contributed by atoms with Crippen LogP contribution in [0.15, 0.2) is 16.8 Å². The highest BCUT2D eigenvalue weighted by Gasteiger charge is 2.47. The second kappa shape index (κ2) is 8.47. The average Bonchev–Trinajstić information content (AvgIpc) is 2.49. The van der Waals surface area contributed by atoms with Gasteiger partial charge in [-0.1, -0.05) is 0 Å². The first-order valence-electron chi connectivity index (χ1n) is 7.06. The van der Waals surface area contributed by atoms with Gasteiger partial charge in [0, 0.05) is 6.92 Å². The molecule has 24 heavy (non-hydrogen) atoms. The first kappa shape index (κ1) is 19.7. The maximum Gasteiger partial charge on any atom is 0.370 e. The van der Waals surface area contributed by atoms with E-state index >= 15 is 0 Å². The van der Waals surface area contributed by atoms with Crippen LogP contribution in [-0.2, 0) is 14.3 Å². The molecule has 1 heterocycles. The Bertz CT molecular complexity index is 532. The third-order valence-corrected chi connectivity index (χ3v) is 3.40. The molecule has 0 saturated heterocycles. The number of rotatable bonds is 7. The lowest BCUT2D eigenvalue weighted by Crippen LogP contribution is -2.61. The predicted octanol–water partition coefficient (Wildman–Crippen LogP) is -3.62. The van der Waals surface area contributed by atoms with Gasteiger partial charge in [0.05, 0.1) is 12.6 Å². The molecular formula is C13H23N4O7+. The minimum Gasteiger partial charge on any atom is -0.475 e. The molecule has 5 atom stereocenters. The summed E-state index contributed by atoms with van der Waals surface area (Å²) in [6.45, 7) is 0.619. The zero-order valence-corrected chi connectivity index (χ0v) is 13.3. The Morgan fingerprint density at radius 2 is 2.12 bits per heavy atom. The van der Waals surface area contributed by atoms with Gasteiger partial charge in [-0.25, -0.2) is 9.79 Å². The normalized spacial score (nSPS) is 25.7. The summed E-state index contributed by atoms with van der Waals surface area (Å²) in [5, 5.41) is 30.9. The summed E-state index contributed by atoms with van der Waals surface area (Å²) in [7, 11) is 1.37. The quantitative estimate of drug-likeness (QED) is 0.154. The molecule has 1 amide bonds. The first-order chi connectivity index (χ1) is 11.2. The van der Waals surface area contributed by atoms with Crippen molar-refractivity contribution >= 4 is 17.8 Å². The molecule has 1 rings (SSSR count). The van der Waals surface area contributed by atoms with Crippen LogP contribution in [0.3, 0.4) is 0 Å². The van der Waals surface area contributed by atoms with E-state index < -0.39 is 54.6 Å². The SMILES string of the molecule is C[OH+][C@@H]([C@@H]1OC(C(=O)O)=C[C@H](N=C(N)N)[C@H]1NC(C)=O)[C@H](O)CO. The molecule has 0 saturated carbocycles. The standard InChI is InChI=1S/C13H22N4O7/c1-5(19)16-9-6(17-13(14)15)3-8(12(21)22)24-11(9)10(23-2)7(20)4-18/h3,6-7,9-11,18,20H,4H2,1-2H3,(H,16,19)(H,21,22)(H4,14,15,17)/p+1/t6-,7+,9+,10+,11+/m0/s1. The number of aliphatic hydroxyl groups is 4. The number of amides is 1.